The summed E-state index contributed by atoms with van der Waals surface area (Å²) in [5, 5.41) is 15.1. The van der Waals surface area contributed by atoms with Crippen LogP contribution in [0.5, 0.6) is 0 Å². The molecule has 0 saturated carbocycles. The molecule has 0 unspecified atom stereocenters. The Morgan fingerprint density at radius 2 is 1.57 bits per heavy atom. The van der Waals surface area contributed by atoms with Gasteiger partial charge in [-0.15, -0.1) is 0 Å². The summed E-state index contributed by atoms with van der Waals surface area (Å²) < 4.78 is 12.9. The molecule has 0 radical (unpaired) electrons. The average molecular weight is 305 g/mol. The predicted molar refractivity (Wildman–Crippen MR) is 86.2 cm³/mol. The van der Waals surface area contributed by atoms with Crippen molar-refractivity contribution in [2.45, 2.75) is 0 Å². The zero-order valence-electron chi connectivity index (χ0n) is 12.0. The molecule has 0 atom stereocenters. The van der Waals surface area contributed by atoms with Crippen molar-refractivity contribution in [3.05, 3.63) is 72.3 Å². The predicted octanol–water partition coefficient (Wildman–Crippen LogP) is 3.97. The molecular formula is C17H12FN5. The molecule has 0 bridgehead atoms. The maximum atomic E-state index is 12.9. The van der Waals surface area contributed by atoms with E-state index in [4.69, 9.17) is 5.26 Å². The number of hydrogen-bond donors (Lipinski definition) is 2. The molecule has 3 rings (SSSR count). The van der Waals surface area contributed by atoms with Crippen molar-refractivity contribution in [3.8, 4) is 6.07 Å². The van der Waals surface area contributed by atoms with Gasteiger partial charge in [-0.3, -0.25) is 0 Å². The van der Waals surface area contributed by atoms with Gasteiger partial charge in [-0.25, -0.2) is 14.4 Å². The van der Waals surface area contributed by atoms with Crippen LogP contribution in [0.2, 0.25) is 0 Å². The Labute approximate surface area is 132 Å². The van der Waals surface area contributed by atoms with Crippen molar-refractivity contribution in [3.63, 3.8) is 0 Å². The zero-order valence-corrected chi connectivity index (χ0v) is 12.0. The molecule has 23 heavy (non-hydrogen) atoms. The summed E-state index contributed by atoms with van der Waals surface area (Å²) in [4.78, 5) is 8.26. The minimum atomic E-state index is -0.294. The summed E-state index contributed by atoms with van der Waals surface area (Å²) in [6, 6.07) is 16.9. The summed E-state index contributed by atoms with van der Waals surface area (Å²) in [6.45, 7) is 0. The molecule has 1 aromatic heterocycles. The van der Waals surface area contributed by atoms with Crippen molar-refractivity contribution >= 4 is 23.0 Å². The van der Waals surface area contributed by atoms with Crippen LogP contribution in [-0.2, 0) is 0 Å². The molecule has 0 aliphatic carbocycles. The average Bonchev–Trinajstić information content (AvgIpc) is 2.57. The van der Waals surface area contributed by atoms with Crippen molar-refractivity contribution < 1.29 is 4.39 Å². The number of nitrogens with one attached hydrogen (secondary N) is 2. The molecule has 6 heteroatoms. The number of rotatable bonds is 4. The molecular weight excluding hydrogens is 293 g/mol. The van der Waals surface area contributed by atoms with Gasteiger partial charge in [0.25, 0.3) is 0 Å². The summed E-state index contributed by atoms with van der Waals surface area (Å²) in [7, 11) is 0. The van der Waals surface area contributed by atoms with Gasteiger partial charge in [-0.2, -0.15) is 5.26 Å². The Bertz CT molecular complexity index is 855. The Balaban J connectivity index is 1.77. The second-order valence-corrected chi connectivity index (χ2v) is 4.74. The van der Waals surface area contributed by atoms with Gasteiger partial charge in [-0.1, -0.05) is 6.07 Å². The van der Waals surface area contributed by atoms with Gasteiger partial charge < -0.3 is 10.6 Å². The number of nitriles is 1. The lowest BCUT2D eigenvalue weighted by atomic mass is 10.2. The van der Waals surface area contributed by atoms with Gasteiger partial charge in [0.1, 0.15) is 23.8 Å². The van der Waals surface area contributed by atoms with Crippen LogP contribution >= 0.6 is 0 Å². The van der Waals surface area contributed by atoms with Gasteiger partial charge >= 0.3 is 0 Å². The third-order valence-corrected chi connectivity index (χ3v) is 3.05. The third kappa shape index (κ3) is 3.80. The first-order chi connectivity index (χ1) is 11.2. The second kappa shape index (κ2) is 6.54. The van der Waals surface area contributed by atoms with E-state index >= 15 is 0 Å². The van der Waals surface area contributed by atoms with E-state index in [0.717, 1.165) is 11.4 Å². The summed E-state index contributed by atoms with van der Waals surface area (Å²) in [5.41, 5.74) is 2.05. The molecule has 5 nitrogen and oxygen atoms in total. The van der Waals surface area contributed by atoms with Gasteiger partial charge in [0.15, 0.2) is 0 Å². The highest BCUT2D eigenvalue weighted by atomic mass is 19.1. The molecule has 112 valence electrons. The quantitative estimate of drug-likeness (QED) is 0.763. The SMILES string of the molecule is N#Cc1cccc(Nc2cc(Nc3ccc(F)cc3)ncn2)c1. The first kappa shape index (κ1) is 14.5. The number of aromatic nitrogens is 2. The smallest absolute Gasteiger partial charge is 0.135 e. The summed E-state index contributed by atoms with van der Waals surface area (Å²) in [6.07, 6.45) is 1.42. The Morgan fingerprint density at radius 1 is 0.870 bits per heavy atom. The van der Waals surface area contributed by atoms with Gasteiger partial charge in [-0.05, 0) is 42.5 Å². The normalized spacial score (nSPS) is 9.91. The second-order valence-electron chi connectivity index (χ2n) is 4.74. The lowest BCUT2D eigenvalue weighted by Crippen LogP contribution is -1.98. The molecule has 0 amide bonds. The lowest BCUT2D eigenvalue weighted by Gasteiger charge is -2.09. The van der Waals surface area contributed by atoms with Crippen LogP contribution in [0.3, 0.4) is 0 Å². The Kier molecular flexibility index (Phi) is 4.11. The van der Waals surface area contributed by atoms with Crippen LogP contribution in [0.25, 0.3) is 0 Å². The summed E-state index contributed by atoms with van der Waals surface area (Å²) >= 11 is 0. The molecule has 2 aromatic carbocycles. The fourth-order valence-corrected chi connectivity index (χ4v) is 1.99. The first-order valence-electron chi connectivity index (χ1n) is 6.85. The van der Waals surface area contributed by atoms with Crippen LogP contribution in [0.1, 0.15) is 5.56 Å². The zero-order chi connectivity index (χ0) is 16.1. The molecule has 3 aromatic rings. The van der Waals surface area contributed by atoms with E-state index in [9.17, 15) is 4.39 Å². The molecule has 1 heterocycles. The minimum absolute atomic E-state index is 0.294. The number of benzene rings is 2. The standard InChI is InChI=1S/C17H12FN5/c18-13-4-6-14(7-5-13)22-16-9-17(21-11-20-16)23-15-3-1-2-12(8-15)10-19/h1-9,11H,(H2,20,21,22,23). The molecule has 0 fully saturated rings. The monoisotopic (exact) mass is 305 g/mol. The molecule has 0 spiro atoms. The largest absolute Gasteiger partial charge is 0.340 e. The van der Waals surface area contributed by atoms with E-state index in [0.29, 0.717) is 17.2 Å². The highest BCUT2D eigenvalue weighted by molar-refractivity contribution is 5.63. The number of hydrogen-bond acceptors (Lipinski definition) is 5. The lowest BCUT2D eigenvalue weighted by molar-refractivity contribution is 0.628. The minimum Gasteiger partial charge on any atom is -0.340 e. The van der Waals surface area contributed by atoms with E-state index in [1.54, 1.807) is 36.4 Å². The van der Waals surface area contributed by atoms with Crippen molar-refractivity contribution in [2.24, 2.45) is 0 Å². The molecule has 0 aliphatic rings. The van der Waals surface area contributed by atoms with E-state index < -0.39 is 0 Å². The van der Waals surface area contributed by atoms with Crippen LogP contribution in [0.4, 0.5) is 27.4 Å². The van der Waals surface area contributed by atoms with Crippen LogP contribution in [0, 0.1) is 17.1 Å². The van der Waals surface area contributed by atoms with E-state index in [1.165, 1.54) is 18.5 Å². The van der Waals surface area contributed by atoms with Gasteiger partial charge in [0.2, 0.25) is 0 Å². The van der Waals surface area contributed by atoms with Crippen LogP contribution < -0.4 is 10.6 Å². The van der Waals surface area contributed by atoms with Crippen LogP contribution in [0.15, 0.2) is 60.9 Å². The Morgan fingerprint density at radius 3 is 2.26 bits per heavy atom. The fraction of sp³-hybridized carbons (Fsp3) is 0. The van der Waals surface area contributed by atoms with E-state index in [2.05, 4.69) is 26.7 Å². The first-order valence-corrected chi connectivity index (χ1v) is 6.85. The Hall–Kier alpha value is -3.46. The third-order valence-electron chi connectivity index (χ3n) is 3.05. The van der Waals surface area contributed by atoms with Crippen molar-refractivity contribution in [2.75, 3.05) is 10.6 Å². The molecule has 0 saturated heterocycles. The maximum absolute atomic E-state index is 12.9. The fourth-order valence-electron chi connectivity index (χ4n) is 1.99. The van der Waals surface area contributed by atoms with Crippen LogP contribution in [-0.4, -0.2) is 9.97 Å². The number of halogens is 1. The summed E-state index contributed by atoms with van der Waals surface area (Å²) in [5.74, 6) is 0.864. The highest BCUT2D eigenvalue weighted by Gasteiger charge is 2.02. The van der Waals surface area contributed by atoms with Crippen molar-refractivity contribution in [1.29, 1.82) is 5.26 Å². The van der Waals surface area contributed by atoms with E-state index in [-0.39, 0.29) is 5.82 Å². The highest BCUT2D eigenvalue weighted by Crippen LogP contribution is 2.20. The van der Waals surface area contributed by atoms with Gasteiger partial charge in [0.05, 0.1) is 11.6 Å². The van der Waals surface area contributed by atoms with E-state index in [1.807, 2.05) is 6.07 Å². The van der Waals surface area contributed by atoms with Gasteiger partial charge in [0, 0.05) is 17.4 Å². The molecule has 2 N–H and O–H groups in total. The maximum Gasteiger partial charge on any atom is 0.135 e. The molecule has 0 aliphatic heterocycles. The number of anilines is 4. The van der Waals surface area contributed by atoms with Crippen molar-refractivity contribution in [1.82, 2.24) is 9.97 Å². The number of nitrogens with zero attached hydrogens (tertiary/aromatic N) is 3. The topological polar surface area (TPSA) is 73.6 Å².